The van der Waals surface area contributed by atoms with E-state index in [1.165, 1.54) is 12.1 Å². The number of aryl methyl sites for hydroxylation is 2. The molecule has 174 valence electrons. The number of anilines is 1. The molecule has 1 amide bonds. The molecule has 0 aliphatic carbocycles. The first-order valence-electron chi connectivity index (χ1n) is 10.6. The van der Waals surface area contributed by atoms with E-state index in [1.807, 2.05) is 19.9 Å². The van der Waals surface area contributed by atoms with Gasteiger partial charge in [-0.05, 0) is 56.2 Å². The van der Waals surface area contributed by atoms with Crippen molar-refractivity contribution in [3.8, 4) is 0 Å². The Balaban J connectivity index is 1.60. The molecule has 1 atom stereocenters. The fraction of sp³-hybridized carbons (Fsp3) is 0.292. The highest BCUT2D eigenvalue weighted by Gasteiger charge is 2.29. The Bertz CT molecular complexity index is 1170. The van der Waals surface area contributed by atoms with Gasteiger partial charge in [0, 0.05) is 30.9 Å². The molecule has 0 fully saturated rings. The molecule has 2 N–H and O–H groups in total. The normalized spacial score (nSPS) is 12.2. The summed E-state index contributed by atoms with van der Waals surface area (Å²) in [6, 6.07) is 15.2. The zero-order chi connectivity index (χ0) is 23.8. The lowest BCUT2D eigenvalue weighted by molar-refractivity contribution is -0.121. The highest BCUT2D eigenvalue weighted by atomic mass is 32.2. The number of aromatic nitrogens is 2. The summed E-state index contributed by atoms with van der Waals surface area (Å²) in [5, 5.41) is 4.84. The van der Waals surface area contributed by atoms with Crippen LogP contribution in [0.5, 0.6) is 0 Å². The van der Waals surface area contributed by atoms with Gasteiger partial charge in [0.15, 0.2) is 9.84 Å². The van der Waals surface area contributed by atoms with Gasteiger partial charge in [0.1, 0.15) is 11.1 Å². The van der Waals surface area contributed by atoms with Gasteiger partial charge < -0.3 is 10.6 Å². The number of halogens is 1. The van der Waals surface area contributed by atoms with Crippen LogP contribution in [0.1, 0.15) is 35.0 Å². The van der Waals surface area contributed by atoms with Gasteiger partial charge in [0.25, 0.3) is 0 Å². The Morgan fingerprint density at radius 3 is 2.27 bits per heavy atom. The summed E-state index contributed by atoms with van der Waals surface area (Å²) < 4.78 is 39.7. The Labute approximate surface area is 193 Å². The number of rotatable bonds is 10. The Kier molecular flexibility index (Phi) is 8.11. The Morgan fingerprint density at radius 2 is 1.64 bits per heavy atom. The standard InChI is InChI=1S/C24H27FN4O3S/c1-17-15-18(2)29-24(28-17)26-14-6-9-23(30)27-16-22(19-7-4-3-5-8-19)33(31,32)21-12-10-20(25)11-13-21/h3-5,7-8,10-13,15,22H,6,9,14,16H2,1-2H3,(H,27,30)(H,26,28,29). The van der Waals surface area contributed by atoms with Crippen molar-refractivity contribution in [2.75, 3.05) is 18.4 Å². The quantitative estimate of drug-likeness (QED) is 0.346. The minimum Gasteiger partial charge on any atom is -0.354 e. The predicted octanol–water partition coefficient (Wildman–Crippen LogP) is 3.76. The molecule has 9 heteroatoms. The topological polar surface area (TPSA) is 101 Å². The van der Waals surface area contributed by atoms with Crippen LogP contribution in [0.15, 0.2) is 65.6 Å². The second kappa shape index (κ2) is 11.0. The largest absolute Gasteiger partial charge is 0.354 e. The molecule has 7 nitrogen and oxygen atoms in total. The molecule has 0 aliphatic rings. The minimum atomic E-state index is -3.85. The van der Waals surface area contributed by atoms with Crippen LogP contribution in [0.2, 0.25) is 0 Å². The number of sulfone groups is 1. The summed E-state index contributed by atoms with van der Waals surface area (Å²) in [6.07, 6.45) is 0.749. The van der Waals surface area contributed by atoms with Gasteiger partial charge in [-0.25, -0.2) is 22.8 Å². The molecule has 0 saturated carbocycles. The molecule has 3 aromatic rings. The number of nitrogens with zero attached hydrogens (tertiary/aromatic N) is 2. The number of hydrogen-bond donors (Lipinski definition) is 2. The number of carbonyl (C=O) groups excluding carboxylic acids is 1. The van der Waals surface area contributed by atoms with Crippen LogP contribution >= 0.6 is 0 Å². The van der Waals surface area contributed by atoms with Gasteiger partial charge in [-0.3, -0.25) is 4.79 Å². The summed E-state index contributed by atoms with van der Waals surface area (Å²) in [4.78, 5) is 21.0. The van der Waals surface area contributed by atoms with E-state index in [2.05, 4.69) is 20.6 Å². The van der Waals surface area contributed by atoms with Crippen molar-refractivity contribution >= 4 is 21.7 Å². The molecule has 1 unspecified atom stereocenters. The molecule has 1 aromatic heterocycles. The highest BCUT2D eigenvalue weighted by molar-refractivity contribution is 7.91. The Morgan fingerprint density at radius 1 is 1.00 bits per heavy atom. The maximum atomic E-state index is 13.3. The van der Waals surface area contributed by atoms with Crippen LogP contribution < -0.4 is 10.6 Å². The number of benzene rings is 2. The zero-order valence-corrected chi connectivity index (χ0v) is 19.4. The molecule has 1 heterocycles. The van der Waals surface area contributed by atoms with E-state index in [0.29, 0.717) is 24.5 Å². The van der Waals surface area contributed by atoms with Gasteiger partial charge in [0.05, 0.1) is 4.90 Å². The molecule has 0 saturated heterocycles. The molecule has 2 aromatic carbocycles. The Hall–Kier alpha value is -3.33. The molecular weight excluding hydrogens is 443 g/mol. The van der Waals surface area contributed by atoms with E-state index in [1.54, 1.807) is 30.3 Å². The predicted molar refractivity (Wildman–Crippen MR) is 125 cm³/mol. The van der Waals surface area contributed by atoms with Crippen LogP contribution in [0.4, 0.5) is 10.3 Å². The fourth-order valence-corrected chi connectivity index (χ4v) is 5.07. The number of hydrogen-bond acceptors (Lipinski definition) is 6. The van der Waals surface area contributed by atoms with E-state index in [0.717, 1.165) is 23.5 Å². The lowest BCUT2D eigenvalue weighted by Gasteiger charge is -2.19. The zero-order valence-electron chi connectivity index (χ0n) is 18.6. The van der Waals surface area contributed by atoms with Crippen LogP contribution in [-0.2, 0) is 14.6 Å². The molecule has 0 aliphatic heterocycles. The van der Waals surface area contributed by atoms with Gasteiger partial charge in [-0.15, -0.1) is 0 Å². The number of carbonyl (C=O) groups is 1. The van der Waals surface area contributed by atoms with Crippen molar-refractivity contribution < 1.29 is 17.6 Å². The summed E-state index contributed by atoms with van der Waals surface area (Å²) in [5.74, 6) is -0.255. The summed E-state index contributed by atoms with van der Waals surface area (Å²) in [6.45, 7) is 4.19. The van der Waals surface area contributed by atoms with Crippen LogP contribution in [0.3, 0.4) is 0 Å². The maximum absolute atomic E-state index is 13.3. The molecule has 33 heavy (non-hydrogen) atoms. The second-order valence-electron chi connectivity index (χ2n) is 7.71. The van der Waals surface area contributed by atoms with Crippen molar-refractivity contribution in [2.24, 2.45) is 0 Å². The maximum Gasteiger partial charge on any atom is 0.223 e. The van der Waals surface area contributed by atoms with Gasteiger partial charge >= 0.3 is 0 Å². The van der Waals surface area contributed by atoms with E-state index >= 15 is 0 Å². The van der Waals surface area contributed by atoms with Crippen molar-refractivity contribution in [2.45, 2.75) is 36.8 Å². The van der Waals surface area contributed by atoms with Gasteiger partial charge in [-0.1, -0.05) is 30.3 Å². The van der Waals surface area contributed by atoms with Crippen molar-refractivity contribution in [3.63, 3.8) is 0 Å². The summed E-state index contributed by atoms with van der Waals surface area (Å²) in [7, 11) is -3.85. The lowest BCUT2D eigenvalue weighted by Crippen LogP contribution is -2.32. The smallest absolute Gasteiger partial charge is 0.223 e. The van der Waals surface area contributed by atoms with E-state index in [4.69, 9.17) is 0 Å². The highest BCUT2D eigenvalue weighted by Crippen LogP contribution is 2.28. The summed E-state index contributed by atoms with van der Waals surface area (Å²) in [5.41, 5.74) is 2.27. The van der Waals surface area contributed by atoms with Gasteiger partial charge in [-0.2, -0.15) is 0 Å². The van der Waals surface area contributed by atoms with E-state index in [-0.39, 0.29) is 23.8 Å². The molecule has 0 spiro atoms. The van der Waals surface area contributed by atoms with E-state index in [9.17, 15) is 17.6 Å². The third-order valence-corrected chi connectivity index (χ3v) is 7.14. The monoisotopic (exact) mass is 470 g/mol. The van der Waals surface area contributed by atoms with Crippen LogP contribution in [0, 0.1) is 19.7 Å². The summed E-state index contributed by atoms with van der Waals surface area (Å²) >= 11 is 0. The first kappa shape index (κ1) is 24.3. The third kappa shape index (κ3) is 6.82. The number of nitrogens with one attached hydrogen (secondary N) is 2. The third-order valence-electron chi connectivity index (χ3n) is 5.02. The first-order chi connectivity index (χ1) is 15.8. The van der Waals surface area contributed by atoms with Crippen molar-refractivity contribution in [1.82, 2.24) is 15.3 Å². The average Bonchev–Trinajstić information content (AvgIpc) is 2.77. The SMILES string of the molecule is Cc1cc(C)nc(NCCCC(=O)NCC(c2ccccc2)S(=O)(=O)c2ccc(F)cc2)n1. The molecule has 0 bridgehead atoms. The lowest BCUT2D eigenvalue weighted by atomic mass is 10.1. The van der Waals surface area contributed by atoms with Crippen LogP contribution in [0.25, 0.3) is 0 Å². The minimum absolute atomic E-state index is 0.00431. The number of amides is 1. The van der Waals surface area contributed by atoms with Gasteiger partial charge in [0.2, 0.25) is 11.9 Å². The first-order valence-corrected chi connectivity index (χ1v) is 12.2. The molecule has 0 radical (unpaired) electrons. The van der Waals surface area contributed by atoms with Crippen molar-refractivity contribution in [3.05, 3.63) is 83.4 Å². The average molecular weight is 471 g/mol. The van der Waals surface area contributed by atoms with E-state index < -0.39 is 20.9 Å². The van der Waals surface area contributed by atoms with Crippen LogP contribution in [-0.4, -0.2) is 37.4 Å². The molecular formula is C24H27FN4O3S. The fourth-order valence-electron chi connectivity index (χ4n) is 3.41. The molecule has 3 rings (SSSR count). The van der Waals surface area contributed by atoms with Crippen molar-refractivity contribution in [1.29, 1.82) is 0 Å². The second-order valence-corrected chi connectivity index (χ2v) is 9.84.